The predicted molar refractivity (Wildman–Crippen MR) is 82.7 cm³/mol. The van der Waals surface area contributed by atoms with E-state index in [0.29, 0.717) is 18.2 Å². The molecule has 0 aliphatic carbocycles. The summed E-state index contributed by atoms with van der Waals surface area (Å²) >= 11 is 9.28. The highest BCUT2D eigenvalue weighted by Crippen LogP contribution is 2.27. The topological polar surface area (TPSA) is 30.9 Å². The molecule has 0 aromatic heterocycles. The molecule has 0 N–H and O–H groups in total. The summed E-state index contributed by atoms with van der Waals surface area (Å²) in [7, 11) is 0. The molecule has 0 saturated carbocycles. The van der Waals surface area contributed by atoms with Crippen molar-refractivity contribution in [1.82, 2.24) is 4.90 Å². The Labute approximate surface area is 133 Å². The molecule has 4 nitrogen and oxygen atoms in total. The lowest BCUT2D eigenvalue weighted by molar-refractivity contribution is 0.0170. The molecule has 1 heterocycles. The number of ether oxygens (including phenoxy) is 3. The van der Waals surface area contributed by atoms with Crippen molar-refractivity contribution in [2.45, 2.75) is 0 Å². The molecule has 1 fully saturated rings. The maximum absolute atomic E-state index is 5.87. The van der Waals surface area contributed by atoms with Crippen LogP contribution >= 0.6 is 27.5 Å². The van der Waals surface area contributed by atoms with Gasteiger partial charge in [-0.2, -0.15) is 0 Å². The standard InChI is InChI=1S/C14H19BrClNO3/c15-13-11-12(16)1-2-14(13)20-10-9-19-8-5-17-3-6-18-7-4-17/h1-2,11H,3-10H2. The Hall–Kier alpha value is -0.330. The van der Waals surface area contributed by atoms with Gasteiger partial charge in [0.2, 0.25) is 0 Å². The van der Waals surface area contributed by atoms with Crippen LogP contribution in [0.2, 0.25) is 5.02 Å². The zero-order chi connectivity index (χ0) is 14.2. The smallest absolute Gasteiger partial charge is 0.133 e. The molecule has 112 valence electrons. The second-order valence-electron chi connectivity index (χ2n) is 4.49. The van der Waals surface area contributed by atoms with Gasteiger partial charge < -0.3 is 14.2 Å². The van der Waals surface area contributed by atoms with E-state index in [1.165, 1.54) is 0 Å². The van der Waals surface area contributed by atoms with E-state index >= 15 is 0 Å². The third-order valence-electron chi connectivity index (χ3n) is 3.03. The highest BCUT2D eigenvalue weighted by atomic mass is 79.9. The number of hydrogen-bond donors (Lipinski definition) is 0. The first-order valence-corrected chi connectivity index (χ1v) is 7.88. The van der Waals surface area contributed by atoms with E-state index in [-0.39, 0.29) is 0 Å². The van der Waals surface area contributed by atoms with Crippen LogP contribution in [0.15, 0.2) is 22.7 Å². The van der Waals surface area contributed by atoms with Gasteiger partial charge in [-0.3, -0.25) is 4.90 Å². The van der Waals surface area contributed by atoms with Gasteiger partial charge in [0, 0.05) is 24.7 Å². The SMILES string of the molecule is Clc1ccc(OCCOCCN2CCOCC2)c(Br)c1. The van der Waals surface area contributed by atoms with Gasteiger partial charge in [0.15, 0.2) is 0 Å². The summed E-state index contributed by atoms with van der Waals surface area (Å²) in [5.41, 5.74) is 0. The van der Waals surface area contributed by atoms with Crippen molar-refractivity contribution in [2.75, 3.05) is 52.7 Å². The van der Waals surface area contributed by atoms with Crippen LogP contribution in [0.1, 0.15) is 0 Å². The van der Waals surface area contributed by atoms with Crippen molar-refractivity contribution in [3.63, 3.8) is 0 Å². The molecule has 1 aromatic rings. The molecule has 0 unspecified atom stereocenters. The van der Waals surface area contributed by atoms with Gasteiger partial charge in [-0.25, -0.2) is 0 Å². The molecule has 0 amide bonds. The van der Waals surface area contributed by atoms with Gasteiger partial charge in [0.05, 0.1) is 30.9 Å². The Morgan fingerprint density at radius 2 is 2.00 bits per heavy atom. The molecular formula is C14H19BrClNO3. The minimum Gasteiger partial charge on any atom is -0.490 e. The summed E-state index contributed by atoms with van der Waals surface area (Å²) in [4.78, 5) is 2.35. The highest BCUT2D eigenvalue weighted by Gasteiger charge is 2.09. The quantitative estimate of drug-likeness (QED) is 0.696. The lowest BCUT2D eigenvalue weighted by atomic mass is 10.3. The maximum atomic E-state index is 5.87. The van der Waals surface area contributed by atoms with Gasteiger partial charge in [-0.05, 0) is 34.1 Å². The Balaban J connectivity index is 1.55. The van der Waals surface area contributed by atoms with Gasteiger partial charge in [-0.1, -0.05) is 11.6 Å². The third-order valence-corrected chi connectivity index (χ3v) is 3.89. The number of benzene rings is 1. The number of nitrogens with zero attached hydrogens (tertiary/aromatic N) is 1. The summed E-state index contributed by atoms with van der Waals surface area (Å²) in [6.07, 6.45) is 0. The number of hydrogen-bond acceptors (Lipinski definition) is 4. The third kappa shape index (κ3) is 5.58. The first-order valence-electron chi connectivity index (χ1n) is 6.71. The lowest BCUT2D eigenvalue weighted by Gasteiger charge is -2.26. The van der Waals surface area contributed by atoms with Crippen molar-refractivity contribution in [1.29, 1.82) is 0 Å². The summed E-state index contributed by atoms with van der Waals surface area (Å²) < 4.78 is 17.3. The molecule has 6 heteroatoms. The van der Waals surface area contributed by atoms with Crippen molar-refractivity contribution >= 4 is 27.5 Å². The summed E-state index contributed by atoms with van der Waals surface area (Å²) in [5.74, 6) is 0.783. The largest absolute Gasteiger partial charge is 0.490 e. The molecule has 2 rings (SSSR count). The van der Waals surface area contributed by atoms with Crippen molar-refractivity contribution < 1.29 is 14.2 Å². The van der Waals surface area contributed by atoms with E-state index < -0.39 is 0 Å². The van der Waals surface area contributed by atoms with Crippen LogP contribution in [-0.4, -0.2) is 57.6 Å². The van der Waals surface area contributed by atoms with E-state index in [4.69, 9.17) is 25.8 Å². The molecule has 1 aliphatic rings. The Morgan fingerprint density at radius 3 is 2.75 bits per heavy atom. The van der Waals surface area contributed by atoms with Crippen molar-refractivity contribution in [2.24, 2.45) is 0 Å². The molecule has 0 atom stereocenters. The Bertz CT molecular complexity index is 413. The highest BCUT2D eigenvalue weighted by molar-refractivity contribution is 9.10. The van der Waals surface area contributed by atoms with Gasteiger partial charge in [0.25, 0.3) is 0 Å². The van der Waals surface area contributed by atoms with E-state index in [1.807, 2.05) is 12.1 Å². The second-order valence-corrected chi connectivity index (χ2v) is 5.78. The molecule has 1 aromatic carbocycles. The predicted octanol–water partition coefficient (Wildman–Crippen LogP) is 2.83. The Morgan fingerprint density at radius 1 is 1.20 bits per heavy atom. The van der Waals surface area contributed by atoms with Gasteiger partial charge in [-0.15, -0.1) is 0 Å². The van der Waals surface area contributed by atoms with Crippen LogP contribution in [0.3, 0.4) is 0 Å². The van der Waals surface area contributed by atoms with E-state index in [1.54, 1.807) is 6.07 Å². The lowest BCUT2D eigenvalue weighted by Crippen LogP contribution is -2.38. The van der Waals surface area contributed by atoms with Gasteiger partial charge >= 0.3 is 0 Å². The molecule has 0 bridgehead atoms. The summed E-state index contributed by atoms with van der Waals surface area (Å²) in [5, 5.41) is 0.686. The van der Waals surface area contributed by atoms with E-state index in [9.17, 15) is 0 Å². The van der Waals surface area contributed by atoms with Crippen LogP contribution < -0.4 is 4.74 Å². The number of rotatable bonds is 7. The minimum atomic E-state index is 0.531. The average Bonchev–Trinajstić information content (AvgIpc) is 2.46. The maximum Gasteiger partial charge on any atom is 0.133 e. The number of morpholine rings is 1. The molecule has 0 spiro atoms. The zero-order valence-electron chi connectivity index (χ0n) is 11.3. The van der Waals surface area contributed by atoms with E-state index in [2.05, 4.69) is 20.8 Å². The minimum absolute atomic E-state index is 0.531. The van der Waals surface area contributed by atoms with Crippen molar-refractivity contribution in [3.05, 3.63) is 27.7 Å². The summed E-state index contributed by atoms with van der Waals surface area (Å²) in [6, 6.07) is 5.47. The number of halogens is 2. The van der Waals surface area contributed by atoms with E-state index in [0.717, 1.165) is 49.7 Å². The van der Waals surface area contributed by atoms with Crippen molar-refractivity contribution in [3.8, 4) is 5.75 Å². The van der Waals surface area contributed by atoms with Crippen LogP contribution in [0.25, 0.3) is 0 Å². The van der Waals surface area contributed by atoms with Gasteiger partial charge in [0.1, 0.15) is 12.4 Å². The normalized spacial score (nSPS) is 16.3. The Kier molecular flexibility index (Phi) is 7.10. The fourth-order valence-corrected chi connectivity index (χ4v) is 2.72. The first-order chi connectivity index (χ1) is 9.75. The van der Waals surface area contributed by atoms with Crippen LogP contribution in [0.4, 0.5) is 0 Å². The first kappa shape index (κ1) is 16.0. The molecule has 1 saturated heterocycles. The van der Waals surface area contributed by atoms with Crippen LogP contribution in [0.5, 0.6) is 5.75 Å². The molecule has 1 aliphatic heterocycles. The average molecular weight is 365 g/mol. The van der Waals surface area contributed by atoms with Crippen LogP contribution in [0, 0.1) is 0 Å². The molecule has 0 radical (unpaired) electrons. The summed E-state index contributed by atoms with van der Waals surface area (Å²) in [6.45, 7) is 6.44. The fourth-order valence-electron chi connectivity index (χ4n) is 1.92. The zero-order valence-corrected chi connectivity index (χ0v) is 13.7. The van der Waals surface area contributed by atoms with Crippen LogP contribution in [-0.2, 0) is 9.47 Å². The monoisotopic (exact) mass is 363 g/mol. The fraction of sp³-hybridized carbons (Fsp3) is 0.571. The molecular weight excluding hydrogens is 346 g/mol. The second kappa shape index (κ2) is 8.85. The molecule has 20 heavy (non-hydrogen) atoms.